The predicted molar refractivity (Wildman–Crippen MR) is 109 cm³/mol. The van der Waals surface area contributed by atoms with Crippen LogP contribution in [0.3, 0.4) is 0 Å². The number of alkyl halides is 3. The van der Waals surface area contributed by atoms with Gasteiger partial charge in [-0.25, -0.2) is 4.68 Å². The molecule has 0 aliphatic carbocycles. The summed E-state index contributed by atoms with van der Waals surface area (Å²) in [5.41, 5.74) is 1.91. The number of nitrogens with one attached hydrogen (secondary N) is 1. The third kappa shape index (κ3) is 5.08. The quantitative estimate of drug-likeness (QED) is 0.634. The van der Waals surface area contributed by atoms with Gasteiger partial charge in [0.2, 0.25) is 11.8 Å². The van der Waals surface area contributed by atoms with Crippen LogP contribution in [0.25, 0.3) is 5.69 Å². The monoisotopic (exact) mass is 444 g/mol. The number of carbonyl (C=O) groups is 2. The van der Waals surface area contributed by atoms with Gasteiger partial charge in [-0.2, -0.15) is 5.10 Å². The summed E-state index contributed by atoms with van der Waals surface area (Å²) in [6, 6.07) is 13.6. The average Bonchev–Trinajstić information content (AvgIpc) is 3.38. The highest BCUT2D eigenvalue weighted by Crippen LogP contribution is 2.29. The van der Waals surface area contributed by atoms with Crippen LogP contribution in [-0.4, -0.2) is 40.5 Å². The van der Waals surface area contributed by atoms with Gasteiger partial charge in [0.1, 0.15) is 11.8 Å². The van der Waals surface area contributed by atoms with Gasteiger partial charge in [-0.1, -0.05) is 18.2 Å². The number of hydrogen-bond acceptors (Lipinski definition) is 4. The third-order valence-electron chi connectivity index (χ3n) is 4.97. The Morgan fingerprint density at radius 3 is 2.59 bits per heavy atom. The summed E-state index contributed by atoms with van der Waals surface area (Å²) >= 11 is 0. The molecule has 166 valence electrons. The largest absolute Gasteiger partial charge is 0.573 e. The van der Waals surface area contributed by atoms with E-state index >= 15 is 0 Å². The summed E-state index contributed by atoms with van der Waals surface area (Å²) in [6.45, 7) is 0.276. The van der Waals surface area contributed by atoms with Gasteiger partial charge in [0.05, 0.1) is 12.1 Å². The number of halogens is 3. The molecule has 0 spiro atoms. The molecule has 2 heterocycles. The highest BCUT2D eigenvalue weighted by molar-refractivity contribution is 6.01. The van der Waals surface area contributed by atoms with Crippen LogP contribution in [0.15, 0.2) is 67.0 Å². The highest BCUT2D eigenvalue weighted by atomic mass is 19.4. The molecular weight excluding hydrogens is 425 g/mol. The van der Waals surface area contributed by atoms with Gasteiger partial charge < -0.3 is 15.0 Å². The van der Waals surface area contributed by atoms with Crippen LogP contribution in [0, 0.1) is 0 Å². The Morgan fingerprint density at radius 2 is 1.91 bits per heavy atom. The Labute approximate surface area is 181 Å². The smallest absolute Gasteiger partial charge is 0.406 e. The number of rotatable bonds is 6. The summed E-state index contributed by atoms with van der Waals surface area (Å²) in [6.07, 6.45) is -0.890. The van der Waals surface area contributed by atoms with E-state index in [0.717, 1.165) is 23.4 Å². The zero-order valence-corrected chi connectivity index (χ0v) is 16.7. The van der Waals surface area contributed by atoms with Crippen LogP contribution in [0.1, 0.15) is 12.0 Å². The van der Waals surface area contributed by atoms with Crippen molar-refractivity contribution in [3.8, 4) is 11.4 Å². The van der Waals surface area contributed by atoms with Crippen molar-refractivity contribution in [1.29, 1.82) is 0 Å². The van der Waals surface area contributed by atoms with Crippen molar-refractivity contribution in [2.75, 3.05) is 11.4 Å². The van der Waals surface area contributed by atoms with Crippen molar-refractivity contribution in [3.63, 3.8) is 0 Å². The summed E-state index contributed by atoms with van der Waals surface area (Å²) in [4.78, 5) is 26.5. The second-order valence-electron chi connectivity index (χ2n) is 7.24. The molecule has 3 aromatic rings. The van der Waals surface area contributed by atoms with Crippen molar-refractivity contribution in [2.24, 2.45) is 0 Å². The Morgan fingerprint density at radius 1 is 1.12 bits per heavy atom. The first-order valence-corrected chi connectivity index (χ1v) is 9.84. The second-order valence-corrected chi connectivity index (χ2v) is 7.24. The number of hydrogen-bond donors (Lipinski definition) is 1. The summed E-state index contributed by atoms with van der Waals surface area (Å²) in [5.74, 6) is -1.10. The number of nitrogens with zero attached hydrogens (tertiary/aromatic N) is 3. The van der Waals surface area contributed by atoms with Gasteiger partial charge in [-0.3, -0.25) is 9.59 Å². The van der Waals surface area contributed by atoms with E-state index in [1.807, 2.05) is 36.5 Å². The molecule has 1 aromatic heterocycles. The fourth-order valence-corrected chi connectivity index (χ4v) is 3.54. The molecule has 7 nitrogen and oxygen atoms in total. The fraction of sp³-hybridized carbons (Fsp3) is 0.227. The van der Waals surface area contributed by atoms with Crippen molar-refractivity contribution in [3.05, 3.63) is 72.6 Å². The molecule has 1 aliphatic rings. The lowest BCUT2D eigenvalue weighted by Crippen LogP contribution is -2.42. The molecule has 1 atom stereocenters. The maximum atomic E-state index is 12.7. The SMILES string of the molecule is O=C(Cc1ccc(-n2cccn2)cc1)NC1CCN(c2cccc(OC(F)(F)F)c2)C1=O. The first-order chi connectivity index (χ1) is 15.3. The third-order valence-corrected chi connectivity index (χ3v) is 4.97. The van der Waals surface area contributed by atoms with Crippen LogP contribution in [0.4, 0.5) is 18.9 Å². The lowest BCUT2D eigenvalue weighted by atomic mass is 10.1. The van der Waals surface area contributed by atoms with Crippen molar-refractivity contribution in [2.45, 2.75) is 25.2 Å². The Bertz CT molecular complexity index is 1100. The number of anilines is 1. The highest BCUT2D eigenvalue weighted by Gasteiger charge is 2.35. The minimum atomic E-state index is -4.82. The minimum Gasteiger partial charge on any atom is -0.406 e. The van der Waals surface area contributed by atoms with Crippen LogP contribution in [0.5, 0.6) is 5.75 Å². The summed E-state index contributed by atoms with van der Waals surface area (Å²) in [5, 5.41) is 6.85. The van der Waals surface area contributed by atoms with Gasteiger partial charge in [0.25, 0.3) is 0 Å². The first kappa shape index (κ1) is 21.4. The molecule has 2 amide bonds. The van der Waals surface area contributed by atoms with Crippen LogP contribution in [-0.2, 0) is 16.0 Å². The lowest BCUT2D eigenvalue weighted by molar-refractivity contribution is -0.274. The van der Waals surface area contributed by atoms with E-state index in [0.29, 0.717) is 6.42 Å². The molecule has 0 bridgehead atoms. The number of ether oxygens (including phenoxy) is 1. The second kappa shape index (κ2) is 8.74. The fourth-order valence-electron chi connectivity index (χ4n) is 3.54. The molecule has 1 aliphatic heterocycles. The van der Waals surface area contributed by atoms with Gasteiger partial charge in [-0.05, 0) is 42.3 Å². The van der Waals surface area contributed by atoms with E-state index in [1.54, 1.807) is 10.9 Å². The molecular formula is C22H19F3N4O3. The minimum absolute atomic E-state index is 0.0953. The van der Waals surface area contributed by atoms with Gasteiger partial charge in [0, 0.05) is 30.7 Å². The van der Waals surface area contributed by atoms with Gasteiger partial charge in [0.15, 0.2) is 0 Å². The number of benzene rings is 2. The summed E-state index contributed by atoms with van der Waals surface area (Å²) in [7, 11) is 0. The Balaban J connectivity index is 1.35. The summed E-state index contributed by atoms with van der Waals surface area (Å²) < 4.78 is 43.0. The van der Waals surface area contributed by atoms with Crippen LogP contribution in [0.2, 0.25) is 0 Å². The molecule has 1 saturated heterocycles. The van der Waals surface area contributed by atoms with E-state index in [9.17, 15) is 22.8 Å². The molecule has 1 unspecified atom stereocenters. The molecule has 10 heteroatoms. The Kier molecular flexibility index (Phi) is 5.85. The molecule has 0 radical (unpaired) electrons. The lowest BCUT2D eigenvalue weighted by Gasteiger charge is -2.18. The van der Waals surface area contributed by atoms with E-state index in [1.165, 1.54) is 17.0 Å². The topological polar surface area (TPSA) is 76.5 Å². The normalized spacial score (nSPS) is 16.3. The average molecular weight is 444 g/mol. The number of amides is 2. The predicted octanol–water partition coefficient (Wildman–Crippen LogP) is 3.24. The first-order valence-electron chi connectivity index (χ1n) is 9.84. The number of carbonyl (C=O) groups excluding carboxylic acids is 2. The zero-order chi connectivity index (χ0) is 22.7. The maximum Gasteiger partial charge on any atom is 0.573 e. The molecule has 2 aromatic carbocycles. The molecule has 1 N–H and O–H groups in total. The molecule has 4 rings (SSSR count). The zero-order valence-electron chi connectivity index (χ0n) is 16.7. The standard InChI is InChI=1S/C22H19F3N4O3/c23-22(24,25)32-18-4-1-3-17(14-18)28-12-9-19(21(28)31)27-20(30)13-15-5-7-16(8-6-15)29-11-2-10-26-29/h1-8,10-11,14,19H,9,12-13H2,(H,27,30). The molecule has 32 heavy (non-hydrogen) atoms. The molecule has 1 fully saturated rings. The van der Waals surface area contributed by atoms with Crippen molar-refractivity contribution < 1.29 is 27.5 Å². The van der Waals surface area contributed by atoms with E-state index in [-0.39, 0.29) is 30.5 Å². The molecule has 0 saturated carbocycles. The van der Waals surface area contributed by atoms with Crippen molar-refractivity contribution >= 4 is 17.5 Å². The van der Waals surface area contributed by atoms with E-state index in [4.69, 9.17) is 0 Å². The Hall–Kier alpha value is -3.82. The van der Waals surface area contributed by atoms with E-state index < -0.39 is 18.2 Å². The van der Waals surface area contributed by atoms with Crippen LogP contribution >= 0.6 is 0 Å². The maximum absolute atomic E-state index is 12.7. The van der Waals surface area contributed by atoms with Crippen molar-refractivity contribution in [1.82, 2.24) is 15.1 Å². The van der Waals surface area contributed by atoms with E-state index in [2.05, 4.69) is 15.2 Å². The van der Waals surface area contributed by atoms with Crippen LogP contribution < -0.4 is 15.0 Å². The van der Waals surface area contributed by atoms with Gasteiger partial charge >= 0.3 is 6.36 Å². The van der Waals surface area contributed by atoms with Gasteiger partial charge in [-0.15, -0.1) is 13.2 Å². The number of aromatic nitrogens is 2.